The lowest BCUT2D eigenvalue weighted by Crippen LogP contribution is -2.25. The van der Waals surface area contributed by atoms with Gasteiger partial charge in [-0.15, -0.1) is 11.3 Å². The normalized spacial score (nSPS) is 14.8. The monoisotopic (exact) mass is 405 g/mol. The van der Waals surface area contributed by atoms with E-state index in [0.29, 0.717) is 16.5 Å². The van der Waals surface area contributed by atoms with E-state index in [-0.39, 0.29) is 5.91 Å². The average molecular weight is 406 g/mol. The molecule has 0 aliphatic carbocycles. The molecule has 4 heterocycles. The van der Waals surface area contributed by atoms with E-state index in [1.54, 1.807) is 15.7 Å². The first-order valence-electron chi connectivity index (χ1n) is 7.64. The van der Waals surface area contributed by atoms with E-state index in [2.05, 4.69) is 43.2 Å². The summed E-state index contributed by atoms with van der Waals surface area (Å²) in [5.74, 6) is -0.183. The highest BCUT2D eigenvalue weighted by molar-refractivity contribution is 9.10. The first-order valence-corrected chi connectivity index (χ1v) is 9.25. The van der Waals surface area contributed by atoms with Crippen LogP contribution in [0.25, 0.3) is 5.65 Å². The van der Waals surface area contributed by atoms with Crippen molar-refractivity contribution in [2.45, 2.75) is 19.9 Å². The molecular formula is C16H16BrN5OS. The van der Waals surface area contributed by atoms with E-state index in [4.69, 9.17) is 0 Å². The summed E-state index contributed by atoms with van der Waals surface area (Å²) >= 11 is 5.00. The number of pyridine rings is 1. The number of imidazole rings is 1. The highest BCUT2D eigenvalue weighted by Gasteiger charge is 2.21. The lowest BCUT2D eigenvalue weighted by Gasteiger charge is -2.20. The van der Waals surface area contributed by atoms with E-state index in [0.717, 1.165) is 35.3 Å². The van der Waals surface area contributed by atoms with Crippen molar-refractivity contribution in [3.63, 3.8) is 0 Å². The molecule has 124 valence electrons. The first kappa shape index (κ1) is 15.7. The minimum absolute atomic E-state index is 0.183. The van der Waals surface area contributed by atoms with Crippen molar-refractivity contribution in [1.82, 2.24) is 19.3 Å². The Morgan fingerprint density at radius 3 is 3.04 bits per heavy atom. The third-order valence-electron chi connectivity index (χ3n) is 4.11. The number of nitrogens with zero attached hydrogens (tertiary/aromatic N) is 4. The van der Waals surface area contributed by atoms with Crippen LogP contribution >= 0.6 is 27.3 Å². The second kappa shape index (κ2) is 5.94. The van der Waals surface area contributed by atoms with Crippen molar-refractivity contribution < 1.29 is 4.79 Å². The predicted molar refractivity (Wildman–Crippen MR) is 97.7 cm³/mol. The molecule has 0 saturated carbocycles. The molecule has 1 amide bonds. The number of amides is 1. The quantitative estimate of drug-likeness (QED) is 0.711. The van der Waals surface area contributed by atoms with Gasteiger partial charge in [0.2, 0.25) is 0 Å². The van der Waals surface area contributed by atoms with E-state index < -0.39 is 0 Å². The van der Waals surface area contributed by atoms with Gasteiger partial charge in [-0.3, -0.25) is 14.5 Å². The Balaban J connectivity index is 1.65. The smallest absolute Gasteiger partial charge is 0.276 e. The predicted octanol–water partition coefficient (Wildman–Crippen LogP) is 3.10. The zero-order valence-corrected chi connectivity index (χ0v) is 15.7. The Morgan fingerprint density at radius 2 is 2.21 bits per heavy atom. The first-order chi connectivity index (χ1) is 11.5. The molecule has 0 radical (unpaired) electrons. The molecule has 6 nitrogen and oxygen atoms in total. The molecule has 0 atom stereocenters. The van der Waals surface area contributed by atoms with Gasteiger partial charge in [0.25, 0.3) is 5.91 Å². The molecule has 24 heavy (non-hydrogen) atoms. The highest BCUT2D eigenvalue weighted by Crippen LogP contribution is 2.28. The number of carbonyl (C=O) groups is 1. The maximum absolute atomic E-state index is 12.8. The summed E-state index contributed by atoms with van der Waals surface area (Å²) in [5.41, 5.74) is 3.09. The van der Waals surface area contributed by atoms with Gasteiger partial charge in [-0.25, -0.2) is 9.97 Å². The summed E-state index contributed by atoms with van der Waals surface area (Å²) in [7, 11) is 2.10. The summed E-state index contributed by atoms with van der Waals surface area (Å²) in [6.45, 7) is 3.74. The SMILES string of the molecule is Cc1nc2ccc(Br)cn2c1C(=O)Nc1nc2c(s1)CN(C)CC2. The van der Waals surface area contributed by atoms with Crippen LogP contribution in [0.5, 0.6) is 0 Å². The van der Waals surface area contributed by atoms with Crippen LogP contribution in [0.3, 0.4) is 0 Å². The topological polar surface area (TPSA) is 62.5 Å². The van der Waals surface area contributed by atoms with Crippen LogP contribution < -0.4 is 5.32 Å². The zero-order chi connectivity index (χ0) is 16.8. The average Bonchev–Trinajstić information content (AvgIpc) is 3.05. The van der Waals surface area contributed by atoms with E-state index >= 15 is 0 Å². The summed E-state index contributed by atoms with van der Waals surface area (Å²) in [4.78, 5) is 25.3. The number of halogens is 1. The molecule has 8 heteroatoms. The molecule has 0 spiro atoms. The molecule has 1 aliphatic rings. The molecule has 1 aliphatic heterocycles. The number of likely N-dealkylation sites (N-methyl/N-ethyl adjacent to an activating group) is 1. The number of nitrogens with one attached hydrogen (secondary N) is 1. The van der Waals surface area contributed by atoms with Crippen molar-refractivity contribution >= 4 is 44.0 Å². The fourth-order valence-electron chi connectivity index (χ4n) is 2.94. The molecule has 1 N–H and O–H groups in total. The molecule has 3 aromatic rings. The number of fused-ring (bicyclic) bond motifs is 2. The van der Waals surface area contributed by atoms with Crippen molar-refractivity contribution in [1.29, 1.82) is 0 Å². The van der Waals surface area contributed by atoms with E-state index in [1.807, 2.05) is 25.3 Å². The minimum Gasteiger partial charge on any atom is -0.301 e. The van der Waals surface area contributed by atoms with Gasteiger partial charge >= 0.3 is 0 Å². The number of hydrogen-bond donors (Lipinski definition) is 1. The van der Waals surface area contributed by atoms with Crippen molar-refractivity contribution in [3.05, 3.63) is 44.8 Å². The number of hydrogen-bond acceptors (Lipinski definition) is 5. The van der Waals surface area contributed by atoms with Crippen molar-refractivity contribution in [2.24, 2.45) is 0 Å². The van der Waals surface area contributed by atoms with Gasteiger partial charge in [-0.2, -0.15) is 0 Å². The van der Waals surface area contributed by atoms with Crippen LogP contribution in [-0.2, 0) is 13.0 Å². The summed E-state index contributed by atoms with van der Waals surface area (Å²) < 4.78 is 2.70. The van der Waals surface area contributed by atoms with Crippen LogP contribution in [0.2, 0.25) is 0 Å². The van der Waals surface area contributed by atoms with Crippen LogP contribution in [0.4, 0.5) is 5.13 Å². The van der Waals surface area contributed by atoms with Gasteiger partial charge in [0, 0.05) is 35.1 Å². The molecule has 0 aromatic carbocycles. The highest BCUT2D eigenvalue weighted by atomic mass is 79.9. The molecule has 3 aromatic heterocycles. The molecule has 0 saturated heterocycles. The molecule has 4 rings (SSSR count). The van der Waals surface area contributed by atoms with Crippen LogP contribution in [0, 0.1) is 6.92 Å². The van der Waals surface area contributed by atoms with Gasteiger partial charge in [0.15, 0.2) is 5.13 Å². The number of anilines is 1. The Labute approximate surface area is 151 Å². The lowest BCUT2D eigenvalue weighted by atomic mass is 10.2. The van der Waals surface area contributed by atoms with Crippen LogP contribution in [0.15, 0.2) is 22.8 Å². The number of carbonyl (C=O) groups excluding carboxylic acids is 1. The standard InChI is InChI=1S/C16H16BrN5OS/c1-9-14(22-7-10(17)3-4-13(22)18-9)15(23)20-16-19-11-5-6-21(2)8-12(11)24-16/h3-4,7H,5-6,8H2,1-2H3,(H,19,20,23). The maximum atomic E-state index is 12.8. The number of rotatable bonds is 2. The Hall–Kier alpha value is -1.77. The van der Waals surface area contributed by atoms with Crippen molar-refractivity contribution in [3.8, 4) is 0 Å². The van der Waals surface area contributed by atoms with Crippen LogP contribution in [-0.4, -0.2) is 38.8 Å². The summed E-state index contributed by atoms with van der Waals surface area (Å²) in [6, 6.07) is 3.79. The number of aryl methyl sites for hydroxylation is 1. The van der Waals surface area contributed by atoms with Gasteiger partial charge in [0.1, 0.15) is 11.3 Å². The van der Waals surface area contributed by atoms with Gasteiger partial charge in [0.05, 0.1) is 11.4 Å². The van der Waals surface area contributed by atoms with E-state index in [1.165, 1.54) is 4.88 Å². The summed E-state index contributed by atoms with van der Waals surface area (Å²) in [5, 5.41) is 3.60. The molecule has 0 unspecified atom stereocenters. The maximum Gasteiger partial charge on any atom is 0.276 e. The largest absolute Gasteiger partial charge is 0.301 e. The van der Waals surface area contributed by atoms with Crippen LogP contribution in [0.1, 0.15) is 26.8 Å². The third-order valence-corrected chi connectivity index (χ3v) is 5.58. The third kappa shape index (κ3) is 2.74. The molecule has 0 fully saturated rings. The zero-order valence-electron chi connectivity index (χ0n) is 13.3. The minimum atomic E-state index is -0.183. The lowest BCUT2D eigenvalue weighted by molar-refractivity contribution is 0.102. The van der Waals surface area contributed by atoms with Gasteiger partial charge in [-0.1, -0.05) is 0 Å². The molecular weight excluding hydrogens is 390 g/mol. The molecule has 0 bridgehead atoms. The Morgan fingerprint density at radius 1 is 1.38 bits per heavy atom. The Kier molecular flexibility index (Phi) is 3.90. The number of aromatic nitrogens is 3. The fourth-order valence-corrected chi connectivity index (χ4v) is 4.36. The van der Waals surface area contributed by atoms with Gasteiger partial charge in [-0.05, 0) is 42.0 Å². The summed E-state index contributed by atoms with van der Waals surface area (Å²) in [6.07, 6.45) is 2.78. The number of thiazole rings is 1. The fraction of sp³-hybridized carbons (Fsp3) is 0.312. The second-order valence-corrected chi connectivity index (χ2v) is 7.95. The van der Waals surface area contributed by atoms with Gasteiger partial charge < -0.3 is 4.90 Å². The second-order valence-electron chi connectivity index (χ2n) is 5.95. The Bertz CT molecular complexity index is 947. The van der Waals surface area contributed by atoms with E-state index in [9.17, 15) is 4.79 Å². The van der Waals surface area contributed by atoms with Crippen molar-refractivity contribution in [2.75, 3.05) is 18.9 Å².